The minimum absolute atomic E-state index is 0.410. The predicted octanol–water partition coefficient (Wildman–Crippen LogP) is 3.76. The van der Waals surface area contributed by atoms with Crippen molar-refractivity contribution in [1.29, 1.82) is 0 Å². The van der Waals surface area contributed by atoms with Crippen LogP contribution in [-0.4, -0.2) is 22.8 Å². The molecule has 0 saturated carbocycles. The summed E-state index contributed by atoms with van der Waals surface area (Å²) in [6, 6.07) is 5.40. The third-order valence-electron chi connectivity index (χ3n) is 2.82. The number of alkyl halides is 3. The van der Waals surface area contributed by atoms with Crippen molar-refractivity contribution < 1.29 is 13.2 Å². The molecular formula is C14H16F3N3S. The summed E-state index contributed by atoms with van der Waals surface area (Å²) in [4.78, 5) is 0. The van der Waals surface area contributed by atoms with E-state index in [0.717, 1.165) is 30.1 Å². The molecule has 0 fully saturated rings. The molecule has 0 unspecified atom stereocenters. The maximum Gasteiger partial charge on any atom is 0.416 e. The average molecular weight is 315 g/mol. The second-order valence-corrected chi connectivity index (χ2v) is 6.00. The van der Waals surface area contributed by atoms with Crippen LogP contribution in [0.25, 0.3) is 10.6 Å². The van der Waals surface area contributed by atoms with Crippen LogP contribution >= 0.6 is 11.3 Å². The number of aromatic nitrogens is 2. The van der Waals surface area contributed by atoms with Gasteiger partial charge < -0.3 is 5.32 Å². The van der Waals surface area contributed by atoms with E-state index >= 15 is 0 Å². The Bertz CT molecular complexity index is 576. The third kappa shape index (κ3) is 4.50. The van der Waals surface area contributed by atoms with E-state index in [0.29, 0.717) is 16.6 Å². The van der Waals surface area contributed by atoms with Gasteiger partial charge in [0.2, 0.25) is 0 Å². The van der Waals surface area contributed by atoms with Crippen molar-refractivity contribution in [2.24, 2.45) is 0 Å². The summed E-state index contributed by atoms with van der Waals surface area (Å²) >= 11 is 1.41. The molecule has 114 valence electrons. The first-order chi connectivity index (χ1) is 9.86. The Morgan fingerprint density at radius 2 is 1.81 bits per heavy atom. The van der Waals surface area contributed by atoms with Gasteiger partial charge in [-0.1, -0.05) is 37.3 Å². The van der Waals surface area contributed by atoms with Gasteiger partial charge in [0.05, 0.1) is 5.56 Å². The Morgan fingerprint density at radius 3 is 2.38 bits per heavy atom. The van der Waals surface area contributed by atoms with Crippen molar-refractivity contribution in [1.82, 2.24) is 15.5 Å². The molecule has 0 saturated heterocycles. The number of nitrogens with zero attached hydrogens (tertiary/aromatic N) is 2. The second kappa shape index (κ2) is 6.53. The van der Waals surface area contributed by atoms with Crippen LogP contribution in [0.5, 0.6) is 0 Å². The fourth-order valence-corrected chi connectivity index (χ4v) is 2.59. The molecule has 0 atom stereocenters. The molecule has 21 heavy (non-hydrogen) atoms. The largest absolute Gasteiger partial charge is 0.416 e. The first kappa shape index (κ1) is 15.9. The van der Waals surface area contributed by atoms with E-state index < -0.39 is 11.7 Å². The van der Waals surface area contributed by atoms with Crippen LogP contribution in [0.4, 0.5) is 13.2 Å². The van der Waals surface area contributed by atoms with Crippen LogP contribution in [0.2, 0.25) is 0 Å². The fraction of sp³-hybridized carbons (Fsp3) is 0.429. The van der Waals surface area contributed by atoms with E-state index in [1.165, 1.54) is 23.5 Å². The van der Waals surface area contributed by atoms with Gasteiger partial charge in [0.25, 0.3) is 0 Å². The molecule has 0 amide bonds. The van der Waals surface area contributed by atoms with Crippen LogP contribution in [0, 0.1) is 0 Å². The maximum atomic E-state index is 12.5. The Hall–Kier alpha value is -1.47. The number of nitrogens with one attached hydrogen (secondary N) is 1. The highest BCUT2D eigenvalue weighted by atomic mass is 32.1. The molecule has 1 heterocycles. The van der Waals surface area contributed by atoms with Gasteiger partial charge in [-0.25, -0.2) is 0 Å². The first-order valence-electron chi connectivity index (χ1n) is 6.59. The van der Waals surface area contributed by atoms with Crippen LogP contribution in [-0.2, 0) is 12.6 Å². The van der Waals surface area contributed by atoms with Gasteiger partial charge in [-0.15, -0.1) is 10.2 Å². The lowest BCUT2D eigenvalue weighted by atomic mass is 10.1. The molecule has 7 heteroatoms. The number of hydrogen-bond acceptors (Lipinski definition) is 4. The van der Waals surface area contributed by atoms with Crippen LogP contribution < -0.4 is 5.32 Å². The van der Waals surface area contributed by atoms with Gasteiger partial charge in [-0.05, 0) is 12.1 Å². The van der Waals surface area contributed by atoms with Crippen molar-refractivity contribution in [3.05, 3.63) is 34.8 Å². The zero-order chi connectivity index (χ0) is 15.5. The standard InChI is InChI=1S/C14H16F3N3S/c1-9(2)18-8-7-12-19-20-13(21-12)10-3-5-11(6-4-10)14(15,16)17/h3-6,9,18H,7-8H2,1-2H3. The number of rotatable bonds is 5. The first-order valence-corrected chi connectivity index (χ1v) is 7.41. The van der Waals surface area contributed by atoms with Crippen LogP contribution in [0.3, 0.4) is 0 Å². The molecule has 0 aliphatic heterocycles. The summed E-state index contributed by atoms with van der Waals surface area (Å²) in [5, 5.41) is 12.9. The molecule has 2 aromatic rings. The third-order valence-corrected chi connectivity index (χ3v) is 3.85. The van der Waals surface area contributed by atoms with Crippen molar-refractivity contribution in [3.8, 4) is 10.6 Å². The van der Waals surface area contributed by atoms with Crippen LogP contribution in [0.1, 0.15) is 24.4 Å². The van der Waals surface area contributed by atoms with Crippen molar-refractivity contribution >= 4 is 11.3 Å². The molecule has 0 spiro atoms. The lowest BCUT2D eigenvalue weighted by Crippen LogP contribution is -2.24. The lowest BCUT2D eigenvalue weighted by Gasteiger charge is -2.06. The number of hydrogen-bond donors (Lipinski definition) is 1. The summed E-state index contributed by atoms with van der Waals surface area (Å²) in [6.07, 6.45) is -3.55. The van der Waals surface area contributed by atoms with Gasteiger partial charge in [-0.2, -0.15) is 13.2 Å². The highest BCUT2D eigenvalue weighted by Gasteiger charge is 2.30. The Balaban J connectivity index is 2.04. The maximum absolute atomic E-state index is 12.5. The SMILES string of the molecule is CC(C)NCCc1nnc(-c2ccc(C(F)(F)F)cc2)s1. The molecule has 0 aliphatic carbocycles. The second-order valence-electron chi connectivity index (χ2n) is 4.93. The monoisotopic (exact) mass is 315 g/mol. The van der Waals surface area contributed by atoms with Gasteiger partial charge in [0, 0.05) is 24.6 Å². The van der Waals surface area contributed by atoms with Crippen molar-refractivity contribution in [2.75, 3.05) is 6.54 Å². The Morgan fingerprint density at radius 1 is 1.14 bits per heavy atom. The average Bonchev–Trinajstić information content (AvgIpc) is 2.86. The highest BCUT2D eigenvalue weighted by molar-refractivity contribution is 7.14. The van der Waals surface area contributed by atoms with Crippen molar-refractivity contribution in [3.63, 3.8) is 0 Å². The summed E-state index contributed by atoms with van der Waals surface area (Å²) in [5.74, 6) is 0. The molecule has 1 N–H and O–H groups in total. The molecular weight excluding hydrogens is 299 g/mol. The molecule has 0 radical (unpaired) electrons. The molecule has 0 bridgehead atoms. The van der Waals surface area contributed by atoms with Crippen LogP contribution in [0.15, 0.2) is 24.3 Å². The summed E-state index contributed by atoms with van der Waals surface area (Å²) in [6.45, 7) is 4.93. The van der Waals surface area contributed by atoms with E-state index in [1.54, 1.807) is 0 Å². The zero-order valence-electron chi connectivity index (χ0n) is 11.7. The van der Waals surface area contributed by atoms with E-state index in [1.807, 2.05) is 0 Å². The minimum atomic E-state index is -4.31. The number of benzene rings is 1. The predicted molar refractivity (Wildman–Crippen MR) is 77.2 cm³/mol. The van der Waals surface area contributed by atoms with E-state index in [4.69, 9.17) is 0 Å². The Kier molecular flexibility index (Phi) is 4.95. The summed E-state index contributed by atoms with van der Waals surface area (Å²) in [7, 11) is 0. The minimum Gasteiger partial charge on any atom is -0.314 e. The Labute approximate surface area is 125 Å². The normalized spacial score (nSPS) is 12.1. The molecule has 0 aliphatic rings. The highest BCUT2D eigenvalue weighted by Crippen LogP contribution is 2.31. The quantitative estimate of drug-likeness (QED) is 0.913. The van der Waals surface area contributed by atoms with Gasteiger partial charge >= 0.3 is 6.18 Å². The molecule has 2 rings (SSSR count). The zero-order valence-corrected chi connectivity index (χ0v) is 12.6. The lowest BCUT2D eigenvalue weighted by molar-refractivity contribution is -0.137. The number of halogens is 3. The topological polar surface area (TPSA) is 37.8 Å². The molecule has 1 aromatic heterocycles. The van der Waals surface area contributed by atoms with E-state index in [2.05, 4.69) is 29.4 Å². The fourth-order valence-electron chi connectivity index (χ4n) is 1.74. The molecule has 1 aromatic carbocycles. The van der Waals surface area contributed by atoms with Gasteiger partial charge in [0.15, 0.2) is 0 Å². The van der Waals surface area contributed by atoms with Crippen molar-refractivity contribution in [2.45, 2.75) is 32.5 Å². The van der Waals surface area contributed by atoms with E-state index in [9.17, 15) is 13.2 Å². The van der Waals surface area contributed by atoms with E-state index in [-0.39, 0.29) is 0 Å². The summed E-state index contributed by atoms with van der Waals surface area (Å²) < 4.78 is 37.5. The van der Waals surface area contributed by atoms with Gasteiger partial charge in [0.1, 0.15) is 10.0 Å². The smallest absolute Gasteiger partial charge is 0.314 e. The summed E-state index contributed by atoms with van der Waals surface area (Å²) in [5.41, 5.74) is 0.000640. The van der Waals surface area contributed by atoms with Gasteiger partial charge in [-0.3, -0.25) is 0 Å². The molecule has 3 nitrogen and oxygen atoms in total.